The fraction of sp³-hybridized carbons (Fsp3) is 0.385. The molecule has 0 radical (unpaired) electrons. The number of hydrogen-bond acceptors (Lipinski definition) is 2. The fourth-order valence-electron chi connectivity index (χ4n) is 3.96. The lowest BCUT2D eigenvalue weighted by atomic mass is 9.71. The van der Waals surface area contributed by atoms with Crippen LogP contribution in [-0.2, 0) is 4.79 Å². The van der Waals surface area contributed by atoms with E-state index in [9.17, 15) is 4.79 Å². The topological polar surface area (TPSA) is 73.2 Å². The normalized spacial score (nSPS) is 20.3. The average Bonchev–Trinajstić information content (AvgIpc) is 3.25. The number of nitrogens with one attached hydrogen (secondary N) is 2. The van der Waals surface area contributed by atoms with Gasteiger partial charge in [-0.3, -0.25) is 9.79 Å². The zero-order chi connectivity index (χ0) is 23.7. The second kappa shape index (κ2) is 11.4. The molecule has 170 valence electrons. The molecule has 0 saturated carbocycles. The van der Waals surface area contributed by atoms with Gasteiger partial charge in [-0.1, -0.05) is 54.8 Å². The van der Waals surface area contributed by atoms with E-state index in [1.807, 2.05) is 43.9 Å². The van der Waals surface area contributed by atoms with Crippen LogP contribution in [0.4, 0.5) is 0 Å². The Kier molecular flexibility index (Phi) is 8.88. The third-order valence-electron chi connectivity index (χ3n) is 5.81. The van der Waals surface area contributed by atoms with Crippen LogP contribution in [0.1, 0.15) is 53.5 Å². The number of nitrogens with zero attached hydrogens (tertiary/aromatic N) is 3. The summed E-state index contributed by atoms with van der Waals surface area (Å²) in [5.74, 6) is 0.0771. The summed E-state index contributed by atoms with van der Waals surface area (Å²) in [5.41, 5.74) is 4.91. The molecule has 1 unspecified atom stereocenters. The standard InChI is InChI=1S/C26H35N5O/c1-19(9-8-10-20(2)17-24(32)30-25(27-6)28-7)11-12-22-21(3)23(13-14-26(22,4)5)31-16-15-29-18-31/h8-12,15-18,23H,6,13-14H2,1-5,7H3,(H,28,30,32)/p+1/b10-8+,12-11+,19-9+,20-17+. The first-order valence-corrected chi connectivity index (χ1v) is 10.9. The monoisotopic (exact) mass is 434 g/mol. The Balaban J connectivity index is 2.11. The van der Waals surface area contributed by atoms with Crippen molar-refractivity contribution in [1.29, 1.82) is 0 Å². The number of allylic oxidation sites excluding steroid dienone is 9. The maximum Gasteiger partial charge on any atom is 0.391 e. The van der Waals surface area contributed by atoms with Gasteiger partial charge in [-0.25, -0.2) is 10.3 Å². The third-order valence-corrected chi connectivity index (χ3v) is 5.81. The van der Waals surface area contributed by atoms with Gasteiger partial charge in [0.15, 0.2) is 0 Å². The van der Waals surface area contributed by atoms with Crippen molar-refractivity contribution in [3.63, 3.8) is 0 Å². The highest BCUT2D eigenvalue weighted by atomic mass is 16.1. The molecule has 2 N–H and O–H groups in total. The van der Waals surface area contributed by atoms with Crippen LogP contribution in [0.2, 0.25) is 0 Å². The quantitative estimate of drug-likeness (QED) is 0.312. The van der Waals surface area contributed by atoms with Gasteiger partial charge in [-0.15, -0.1) is 0 Å². The molecule has 0 aliphatic heterocycles. The number of rotatable bonds is 6. The van der Waals surface area contributed by atoms with Gasteiger partial charge in [-0.2, -0.15) is 0 Å². The molecule has 1 aromatic heterocycles. The van der Waals surface area contributed by atoms with Crippen LogP contribution in [0.3, 0.4) is 0 Å². The van der Waals surface area contributed by atoms with E-state index in [-0.39, 0.29) is 11.3 Å². The molecule has 0 saturated heterocycles. The van der Waals surface area contributed by atoms with Gasteiger partial charge >= 0.3 is 11.9 Å². The highest BCUT2D eigenvalue weighted by Crippen LogP contribution is 2.45. The molecule has 6 nitrogen and oxygen atoms in total. The third kappa shape index (κ3) is 6.87. The van der Waals surface area contributed by atoms with Gasteiger partial charge in [0.1, 0.15) is 0 Å². The zero-order valence-corrected chi connectivity index (χ0v) is 20.1. The summed E-state index contributed by atoms with van der Waals surface area (Å²) in [5, 5.41) is 2.62. The summed E-state index contributed by atoms with van der Waals surface area (Å²) >= 11 is 0. The van der Waals surface area contributed by atoms with Crippen LogP contribution in [0.25, 0.3) is 0 Å². The van der Waals surface area contributed by atoms with Crippen LogP contribution in [0.5, 0.6) is 0 Å². The largest absolute Gasteiger partial charge is 0.391 e. The number of carbonyl (C=O) groups excluding carboxylic acids is 1. The van der Waals surface area contributed by atoms with Crippen molar-refractivity contribution in [1.82, 2.24) is 14.9 Å². The highest BCUT2D eigenvalue weighted by molar-refractivity contribution is 6.01. The first-order chi connectivity index (χ1) is 15.2. The number of amides is 1. The molecule has 0 spiro atoms. The van der Waals surface area contributed by atoms with Gasteiger partial charge in [0.25, 0.3) is 0 Å². The Morgan fingerprint density at radius 2 is 2.09 bits per heavy atom. The Labute approximate surface area is 192 Å². The fourth-order valence-corrected chi connectivity index (χ4v) is 3.96. The van der Waals surface area contributed by atoms with E-state index in [1.54, 1.807) is 7.05 Å². The summed E-state index contributed by atoms with van der Waals surface area (Å²) < 4.78 is 2.21. The van der Waals surface area contributed by atoms with Crippen LogP contribution in [0.15, 0.2) is 82.5 Å². The van der Waals surface area contributed by atoms with E-state index in [4.69, 9.17) is 0 Å². The molecule has 2 rings (SSSR count). The van der Waals surface area contributed by atoms with Crippen molar-refractivity contribution in [2.45, 2.75) is 53.5 Å². The maximum atomic E-state index is 12.0. The van der Waals surface area contributed by atoms with E-state index < -0.39 is 0 Å². The molecule has 6 heteroatoms. The zero-order valence-electron chi connectivity index (χ0n) is 20.1. The van der Waals surface area contributed by atoms with Crippen molar-refractivity contribution in [3.8, 4) is 0 Å². The van der Waals surface area contributed by atoms with Gasteiger partial charge in [0, 0.05) is 18.5 Å². The molecule has 1 atom stereocenters. The van der Waals surface area contributed by atoms with E-state index in [1.165, 1.54) is 17.2 Å². The predicted molar refractivity (Wildman–Crippen MR) is 132 cm³/mol. The number of carbonyl (C=O) groups is 1. The van der Waals surface area contributed by atoms with Gasteiger partial charge in [0.05, 0.1) is 26.1 Å². The Hall–Kier alpha value is -3.28. The highest BCUT2D eigenvalue weighted by Gasteiger charge is 2.32. The second-order valence-corrected chi connectivity index (χ2v) is 8.78. The number of aromatic nitrogens is 2. The molecule has 32 heavy (non-hydrogen) atoms. The van der Waals surface area contributed by atoms with Crippen molar-refractivity contribution in [2.75, 3.05) is 7.05 Å². The van der Waals surface area contributed by atoms with Crippen molar-refractivity contribution < 1.29 is 9.79 Å². The van der Waals surface area contributed by atoms with Crippen molar-refractivity contribution >= 4 is 18.6 Å². The Morgan fingerprint density at radius 3 is 2.72 bits per heavy atom. The molecule has 1 amide bonds. The van der Waals surface area contributed by atoms with E-state index >= 15 is 0 Å². The number of hydrogen-bond donors (Lipinski definition) is 2. The maximum absolute atomic E-state index is 12.0. The van der Waals surface area contributed by atoms with Crippen LogP contribution in [0, 0.1) is 5.41 Å². The summed E-state index contributed by atoms with van der Waals surface area (Å²) in [6.45, 7) is 14.2. The van der Waals surface area contributed by atoms with Crippen molar-refractivity contribution in [2.24, 2.45) is 10.4 Å². The number of imidazole rings is 1. The van der Waals surface area contributed by atoms with Gasteiger partial charge < -0.3 is 4.57 Å². The minimum Gasteiger partial charge on any atom is -0.330 e. The lowest BCUT2D eigenvalue weighted by Crippen LogP contribution is -2.71. The number of aliphatic imine (C=N–C) groups is 1. The first-order valence-electron chi connectivity index (χ1n) is 10.9. The van der Waals surface area contributed by atoms with Crippen LogP contribution in [-0.4, -0.2) is 35.2 Å². The van der Waals surface area contributed by atoms with E-state index in [0.29, 0.717) is 12.0 Å². The molecule has 1 aliphatic carbocycles. The molecule has 0 fully saturated rings. The minimum atomic E-state index is -0.251. The van der Waals surface area contributed by atoms with Crippen molar-refractivity contribution in [3.05, 3.63) is 77.5 Å². The van der Waals surface area contributed by atoms with Gasteiger partial charge in [0.2, 0.25) is 0 Å². The summed E-state index contributed by atoms with van der Waals surface area (Å²) in [6.07, 6.45) is 19.9. The molecule has 0 aromatic carbocycles. The summed E-state index contributed by atoms with van der Waals surface area (Å²) in [7, 11) is 1.67. The Bertz CT molecular complexity index is 1000. The minimum absolute atomic E-state index is 0.143. The number of guanidine groups is 1. The van der Waals surface area contributed by atoms with Crippen LogP contribution >= 0.6 is 0 Å². The Morgan fingerprint density at radius 1 is 1.34 bits per heavy atom. The average molecular weight is 435 g/mol. The molecule has 1 heterocycles. The summed E-state index contributed by atoms with van der Waals surface area (Å²) in [6, 6.07) is 0.366. The summed E-state index contributed by atoms with van der Waals surface area (Å²) in [4.78, 5) is 22.6. The first kappa shape index (κ1) is 25.0. The molecule has 1 aromatic rings. The SMILES string of the molecule is C=NC(NC(=O)/C=C(C)/C=C/C=C(C)/C=C/C1=C(C)C(n2ccnc2)CCC1(C)C)=[NH+]C. The molecular weight excluding hydrogens is 398 g/mol. The van der Waals surface area contributed by atoms with E-state index in [0.717, 1.165) is 24.0 Å². The lowest BCUT2D eigenvalue weighted by molar-refractivity contribution is -0.422. The lowest BCUT2D eigenvalue weighted by Gasteiger charge is -2.37. The molecule has 0 bridgehead atoms. The second-order valence-electron chi connectivity index (χ2n) is 8.78. The predicted octanol–water partition coefficient (Wildman–Crippen LogP) is 3.45. The van der Waals surface area contributed by atoms with E-state index in [2.05, 4.69) is 71.4 Å². The van der Waals surface area contributed by atoms with Crippen LogP contribution < -0.4 is 10.3 Å². The molecule has 1 aliphatic rings. The smallest absolute Gasteiger partial charge is 0.330 e. The van der Waals surface area contributed by atoms with Gasteiger partial charge in [-0.05, 0) is 55.7 Å². The molecular formula is C26H36N5O+.